The van der Waals surface area contributed by atoms with E-state index in [0.29, 0.717) is 12.1 Å². The third-order valence-corrected chi connectivity index (χ3v) is 5.22. The van der Waals surface area contributed by atoms with E-state index in [-0.39, 0.29) is 11.8 Å². The molecule has 3 rings (SSSR count). The second-order valence-corrected chi connectivity index (χ2v) is 6.49. The van der Waals surface area contributed by atoms with E-state index in [1.54, 1.807) is 0 Å². The van der Waals surface area contributed by atoms with Crippen LogP contribution in [0.2, 0.25) is 0 Å². The van der Waals surface area contributed by atoms with Crippen LogP contribution in [0.1, 0.15) is 37.7 Å². The minimum atomic E-state index is -0.394. The molecule has 0 radical (unpaired) electrons. The molecule has 1 aromatic rings. The summed E-state index contributed by atoms with van der Waals surface area (Å²) in [4.78, 5) is 26.2. The van der Waals surface area contributed by atoms with Crippen molar-refractivity contribution >= 4 is 33.4 Å². The summed E-state index contributed by atoms with van der Waals surface area (Å²) in [5, 5.41) is 0. The van der Waals surface area contributed by atoms with E-state index in [9.17, 15) is 9.59 Å². The van der Waals surface area contributed by atoms with Gasteiger partial charge in [-0.1, -0.05) is 34.8 Å². The number of rotatable bonds is 1. The highest BCUT2D eigenvalue weighted by molar-refractivity contribution is 9.10. The average molecular weight is 322 g/mol. The number of hydrogen-bond acceptors (Lipinski definition) is 2. The maximum absolute atomic E-state index is 12.6. The van der Waals surface area contributed by atoms with Crippen LogP contribution in [0, 0.1) is 12.3 Å². The summed E-state index contributed by atoms with van der Waals surface area (Å²) in [6.45, 7) is 1.99. The van der Waals surface area contributed by atoms with Crippen LogP contribution in [0.25, 0.3) is 0 Å². The maximum Gasteiger partial charge on any atom is 0.240 e. The lowest BCUT2D eigenvalue weighted by Crippen LogP contribution is -2.34. The van der Waals surface area contributed by atoms with Crippen molar-refractivity contribution in [2.75, 3.05) is 4.90 Å². The number of carbonyl (C=O) groups excluding carboxylic acids is 2. The molecule has 0 N–H and O–H groups in total. The molecule has 1 aromatic carbocycles. The number of benzene rings is 1. The van der Waals surface area contributed by atoms with Gasteiger partial charge in [-0.3, -0.25) is 14.5 Å². The van der Waals surface area contributed by atoms with Crippen molar-refractivity contribution in [3.05, 3.63) is 28.2 Å². The molecule has 2 aliphatic rings. The molecule has 2 amide bonds. The number of carbonyl (C=O) groups is 2. The lowest BCUT2D eigenvalue weighted by molar-refractivity contribution is -0.125. The zero-order valence-corrected chi connectivity index (χ0v) is 12.5. The molecule has 100 valence electrons. The van der Waals surface area contributed by atoms with Gasteiger partial charge in [-0.15, -0.1) is 0 Å². The molecule has 3 nitrogen and oxygen atoms in total. The number of hydrogen-bond donors (Lipinski definition) is 0. The molecule has 1 spiro atoms. The van der Waals surface area contributed by atoms with E-state index in [4.69, 9.17) is 0 Å². The highest BCUT2D eigenvalue weighted by atomic mass is 79.9. The van der Waals surface area contributed by atoms with Crippen molar-refractivity contribution < 1.29 is 9.59 Å². The second kappa shape index (κ2) is 4.44. The van der Waals surface area contributed by atoms with Crippen molar-refractivity contribution in [3.8, 4) is 0 Å². The van der Waals surface area contributed by atoms with Crippen molar-refractivity contribution in [2.45, 2.75) is 39.0 Å². The molecule has 2 fully saturated rings. The molecule has 0 bridgehead atoms. The first-order valence-corrected chi connectivity index (χ1v) is 7.46. The quantitative estimate of drug-likeness (QED) is 0.741. The first kappa shape index (κ1) is 12.9. The van der Waals surface area contributed by atoms with E-state index < -0.39 is 5.41 Å². The number of amides is 2. The monoisotopic (exact) mass is 321 g/mol. The Morgan fingerprint density at radius 1 is 1.21 bits per heavy atom. The summed E-state index contributed by atoms with van der Waals surface area (Å²) < 4.78 is 0.929. The van der Waals surface area contributed by atoms with Gasteiger partial charge in [0.1, 0.15) is 0 Å². The number of imide groups is 1. The number of halogens is 1. The SMILES string of the molecule is Cc1ccc(N2C(=O)CC3(CCCC3)C2=O)cc1Br. The van der Waals surface area contributed by atoms with Crippen LogP contribution in [-0.2, 0) is 9.59 Å². The average Bonchev–Trinajstić information content (AvgIpc) is 2.91. The third kappa shape index (κ3) is 1.93. The molecule has 1 aliphatic carbocycles. The van der Waals surface area contributed by atoms with Crippen molar-refractivity contribution in [3.63, 3.8) is 0 Å². The smallest absolute Gasteiger partial charge is 0.240 e. The topological polar surface area (TPSA) is 37.4 Å². The Labute approximate surface area is 121 Å². The summed E-state index contributed by atoms with van der Waals surface area (Å²) in [6.07, 6.45) is 4.23. The Morgan fingerprint density at radius 3 is 2.53 bits per heavy atom. The molecule has 0 aromatic heterocycles. The summed E-state index contributed by atoms with van der Waals surface area (Å²) in [7, 11) is 0. The Balaban J connectivity index is 1.98. The molecule has 0 atom stereocenters. The highest BCUT2D eigenvalue weighted by Crippen LogP contribution is 2.48. The largest absolute Gasteiger partial charge is 0.274 e. The van der Waals surface area contributed by atoms with Gasteiger partial charge in [0.2, 0.25) is 11.8 Å². The minimum Gasteiger partial charge on any atom is -0.274 e. The van der Waals surface area contributed by atoms with E-state index in [1.807, 2.05) is 25.1 Å². The van der Waals surface area contributed by atoms with Crippen molar-refractivity contribution in [2.24, 2.45) is 5.41 Å². The van der Waals surface area contributed by atoms with Crippen LogP contribution in [0.5, 0.6) is 0 Å². The predicted octanol–water partition coefficient (Wildman–Crippen LogP) is 3.58. The van der Waals surface area contributed by atoms with Crippen LogP contribution in [0.15, 0.2) is 22.7 Å². The maximum atomic E-state index is 12.6. The molecule has 1 saturated heterocycles. The standard InChI is InChI=1S/C15H16BrNO2/c1-10-4-5-11(8-12(10)16)17-13(18)9-15(14(17)19)6-2-3-7-15/h4-5,8H,2-3,6-7,9H2,1H3. The normalized spacial score (nSPS) is 21.7. The molecule has 0 unspecified atom stereocenters. The first-order chi connectivity index (χ1) is 9.03. The van der Waals surface area contributed by atoms with Gasteiger partial charge in [0, 0.05) is 10.9 Å². The molecule has 1 saturated carbocycles. The Kier molecular flexibility index (Phi) is 3.01. The number of aryl methyl sites for hydroxylation is 1. The zero-order chi connectivity index (χ0) is 13.6. The minimum absolute atomic E-state index is 0.00533. The first-order valence-electron chi connectivity index (χ1n) is 6.67. The number of anilines is 1. The van der Waals surface area contributed by atoms with Crippen LogP contribution in [0.3, 0.4) is 0 Å². The van der Waals surface area contributed by atoms with Gasteiger partial charge in [0.05, 0.1) is 11.1 Å². The lowest BCUT2D eigenvalue weighted by Gasteiger charge is -2.21. The van der Waals surface area contributed by atoms with Gasteiger partial charge < -0.3 is 0 Å². The summed E-state index contributed by atoms with van der Waals surface area (Å²) >= 11 is 3.46. The fourth-order valence-electron chi connectivity index (χ4n) is 3.22. The van der Waals surface area contributed by atoms with Gasteiger partial charge in [0.15, 0.2) is 0 Å². The molecular formula is C15H16BrNO2. The van der Waals surface area contributed by atoms with Gasteiger partial charge in [-0.2, -0.15) is 0 Å². The summed E-state index contributed by atoms with van der Waals surface area (Å²) in [5.74, 6) is -0.0478. The van der Waals surface area contributed by atoms with Crippen molar-refractivity contribution in [1.29, 1.82) is 0 Å². The zero-order valence-electron chi connectivity index (χ0n) is 10.9. The summed E-state index contributed by atoms with van der Waals surface area (Å²) in [5.41, 5.74) is 1.39. The fourth-order valence-corrected chi connectivity index (χ4v) is 3.59. The lowest BCUT2D eigenvalue weighted by atomic mass is 9.84. The third-order valence-electron chi connectivity index (χ3n) is 4.37. The van der Waals surface area contributed by atoms with E-state index in [2.05, 4.69) is 15.9 Å². The molecule has 4 heteroatoms. The second-order valence-electron chi connectivity index (χ2n) is 5.63. The summed E-state index contributed by atoms with van der Waals surface area (Å²) in [6, 6.07) is 5.64. The van der Waals surface area contributed by atoms with E-state index in [0.717, 1.165) is 35.7 Å². The van der Waals surface area contributed by atoms with Crippen molar-refractivity contribution in [1.82, 2.24) is 0 Å². The predicted molar refractivity (Wildman–Crippen MR) is 76.9 cm³/mol. The van der Waals surface area contributed by atoms with Crippen LogP contribution in [-0.4, -0.2) is 11.8 Å². The Morgan fingerprint density at radius 2 is 1.89 bits per heavy atom. The highest BCUT2D eigenvalue weighted by Gasteiger charge is 2.53. The van der Waals surface area contributed by atoms with Crippen LogP contribution >= 0.6 is 15.9 Å². The van der Waals surface area contributed by atoms with Gasteiger partial charge in [-0.05, 0) is 37.5 Å². The van der Waals surface area contributed by atoms with E-state index >= 15 is 0 Å². The van der Waals surface area contributed by atoms with Gasteiger partial charge in [-0.25, -0.2) is 0 Å². The van der Waals surface area contributed by atoms with E-state index in [1.165, 1.54) is 4.90 Å². The Hall–Kier alpha value is -1.16. The molecule has 1 heterocycles. The molecular weight excluding hydrogens is 306 g/mol. The Bertz CT molecular complexity index is 561. The molecule has 19 heavy (non-hydrogen) atoms. The van der Waals surface area contributed by atoms with Gasteiger partial charge >= 0.3 is 0 Å². The van der Waals surface area contributed by atoms with Crippen LogP contribution < -0.4 is 4.90 Å². The molecule has 1 aliphatic heterocycles. The number of nitrogens with zero attached hydrogens (tertiary/aromatic N) is 1. The fraction of sp³-hybridized carbons (Fsp3) is 0.467. The van der Waals surface area contributed by atoms with Gasteiger partial charge in [0.25, 0.3) is 0 Å². The van der Waals surface area contributed by atoms with Crippen LogP contribution in [0.4, 0.5) is 5.69 Å².